The minimum absolute atomic E-state index is 0.102. The van der Waals surface area contributed by atoms with Gasteiger partial charge in [-0.1, -0.05) is 18.7 Å². The highest BCUT2D eigenvalue weighted by Gasteiger charge is 2.12. The summed E-state index contributed by atoms with van der Waals surface area (Å²) in [5.41, 5.74) is 0.953. The fraction of sp³-hybridized carbons (Fsp3) is 0.333. The van der Waals surface area contributed by atoms with Gasteiger partial charge >= 0.3 is 0 Å². The first-order chi connectivity index (χ1) is 9.70. The van der Waals surface area contributed by atoms with E-state index in [0.29, 0.717) is 0 Å². The van der Waals surface area contributed by atoms with Crippen molar-refractivity contribution in [3.05, 3.63) is 48.2 Å². The summed E-state index contributed by atoms with van der Waals surface area (Å²) in [6.45, 7) is 5.07. The molecule has 0 saturated carbocycles. The molecule has 20 heavy (non-hydrogen) atoms. The summed E-state index contributed by atoms with van der Waals surface area (Å²) in [5.74, 6) is -0.214. The molecule has 5 heteroatoms. The Bertz CT molecular complexity index is 548. The summed E-state index contributed by atoms with van der Waals surface area (Å²) in [4.78, 5) is 9.30. The Labute approximate surface area is 123 Å². The number of nitrogens with zero attached hydrogens (tertiary/aromatic N) is 2. The fourth-order valence-electron chi connectivity index (χ4n) is 1.87. The Morgan fingerprint density at radius 1 is 1.35 bits per heavy atom. The van der Waals surface area contributed by atoms with Gasteiger partial charge in [-0.3, -0.25) is 4.98 Å². The molecule has 1 aromatic carbocycles. The molecule has 0 fully saturated rings. The zero-order valence-electron chi connectivity index (χ0n) is 11.6. The van der Waals surface area contributed by atoms with E-state index in [9.17, 15) is 4.39 Å². The van der Waals surface area contributed by atoms with Crippen molar-refractivity contribution in [3.8, 4) is 0 Å². The van der Waals surface area contributed by atoms with E-state index in [2.05, 4.69) is 22.2 Å². The zero-order valence-corrected chi connectivity index (χ0v) is 12.5. The van der Waals surface area contributed by atoms with Crippen LogP contribution in [0.1, 0.15) is 31.9 Å². The molecule has 1 atom stereocenters. The second-order valence-corrected chi connectivity index (χ2v) is 5.57. The van der Waals surface area contributed by atoms with E-state index in [1.807, 2.05) is 6.92 Å². The molecule has 2 rings (SSSR count). The molecule has 0 saturated heterocycles. The molecule has 2 aromatic rings. The normalized spacial score (nSPS) is 12.3. The highest BCUT2D eigenvalue weighted by molar-refractivity contribution is 7.99. The number of halogens is 1. The maximum Gasteiger partial charge on any atom is 0.123 e. The predicted octanol–water partition coefficient (Wildman–Crippen LogP) is 3.83. The highest BCUT2D eigenvalue weighted by Crippen LogP contribution is 2.32. The van der Waals surface area contributed by atoms with Crippen LogP contribution in [0.4, 0.5) is 4.39 Å². The lowest BCUT2D eigenvalue weighted by molar-refractivity contribution is 0.554. The van der Waals surface area contributed by atoms with Crippen LogP contribution in [0.2, 0.25) is 0 Å². The van der Waals surface area contributed by atoms with Gasteiger partial charge in [0.25, 0.3) is 0 Å². The Kier molecular flexibility index (Phi) is 5.49. The Hall–Kier alpha value is -1.46. The molecule has 0 amide bonds. The zero-order chi connectivity index (χ0) is 14.4. The van der Waals surface area contributed by atoms with E-state index in [4.69, 9.17) is 0 Å². The maximum absolute atomic E-state index is 13.5. The van der Waals surface area contributed by atoms with Crippen molar-refractivity contribution in [1.29, 1.82) is 0 Å². The van der Waals surface area contributed by atoms with Crippen LogP contribution in [0.15, 0.2) is 46.7 Å². The number of rotatable bonds is 6. The molecule has 1 heterocycles. The van der Waals surface area contributed by atoms with Crippen molar-refractivity contribution >= 4 is 11.8 Å². The van der Waals surface area contributed by atoms with Gasteiger partial charge in [0.15, 0.2) is 0 Å². The molecule has 3 nitrogen and oxygen atoms in total. The lowest BCUT2D eigenvalue weighted by atomic mass is 10.1. The third-order valence-electron chi connectivity index (χ3n) is 2.89. The largest absolute Gasteiger partial charge is 0.310 e. The summed E-state index contributed by atoms with van der Waals surface area (Å²) >= 11 is 1.50. The van der Waals surface area contributed by atoms with Crippen molar-refractivity contribution in [1.82, 2.24) is 15.3 Å². The summed E-state index contributed by atoms with van der Waals surface area (Å²) in [6, 6.07) is 4.97. The van der Waals surface area contributed by atoms with Gasteiger partial charge in [0.2, 0.25) is 0 Å². The molecule has 0 radical (unpaired) electrons. The monoisotopic (exact) mass is 291 g/mol. The van der Waals surface area contributed by atoms with Crippen LogP contribution in [0.25, 0.3) is 0 Å². The molecule has 0 aliphatic heterocycles. The van der Waals surface area contributed by atoms with Crippen molar-refractivity contribution in [3.63, 3.8) is 0 Å². The molecule has 0 aliphatic carbocycles. The molecule has 1 N–H and O–H groups in total. The highest BCUT2D eigenvalue weighted by atomic mass is 32.2. The summed E-state index contributed by atoms with van der Waals surface area (Å²) < 4.78 is 13.5. The van der Waals surface area contributed by atoms with Gasteiger partial charge in [0.1, 0.15) is 10.8 Å². The van der Waals surface area contributed by atoms with Gasteiger partial charge in [-0.05, 0) is 43.7 Å². The molecule has 1 aromatic heterocycles. The predicted molar refractivity (Wildman–Crippen MR) is 79.3 cm³/mol. The minimum atomic E-state index is -0.214. The summed E-state index contributed by atoms with van der Waals surface area (Å²) in [5, 5.41) is 4.19. The van der Waals surface area contributed by atoms with E-state index in [-0.39, 0.29) is 11.9 Å². The number of aromatic nitrogens is 2. The maximum atomic E-state index is 13.5. The van der Waals surface area contributed by atoms with E-state index in [0.717, 1.165) is 28.5 Å². The number of hydrogen-bond donors (Lipinski definition) is 1. The van der Waals surface area contributed by atoms with Gasteiger partial charge in [0, 0.05) is 23.3 Å². The van der Waals surface area contributed by atoms with Crippen LogP contribution in [0, 0.1) is 5.82 Å². The third kappa shape index (κ3) is 4.02. The second kappa shape index (κ2) is 7.36. The quantitative estimate of drug-likeness (QED) is 0.878. The first kappa shape index (κ1) is 14.9. The molecular weight excluding hydrogens is 273 g/mol. The minimum Gasteiger partial charge on any atom is -0.310 e. The van der Waals surface area contributed by atoms with Crippen LogP contribution in [-0.4, -0.2) is 16.5 Å². The Morgan fingerprint density at radius 2 is 2.20 bits per heavy atom. The summed E-state index contributed by atoms with van der Waals surface area (Å²) in [6.07, 6.45) is 6.06. The lowest BCUT2D eigenvalue weighted by Gasteiger charge is -2.17. The Morgan fingerprint density at radius 3 is 2.90 bits per heavy atom. The molecule has 106 valence electrons. The molecule has 1 unspecified atom stereocenters. The first-order valence-electron chi connectivity index (χ1n) is 6.67. The van der Waals surface area contributed by atoms with Crippen LogP contribution in [0.3, 0.4) is 0 Å². The lowest BCUT2D eigenvalue weighted by Crippen LogP contribution is -2.20. The first-order valence-corrected chi connectivity index (χ1v) is 7.49. The van der Waals surface area contributed by atoms with Crippen molar-refractivity contribution in [2.75, 3.05) is 6.54 Å². The van der Waals surface area contributed by atoms with Crippen molar-refractivity contribution < 1.29 is 4.39 Å². The van der Waals surface area contributed by atoms with E-state index in [1.165, 1.54) is 17.8 Å². The fourth-order valence-corrected chi connectivity index (χ4v) is 2.81. The molecule has 0 aliphatic rings. The van der Waals surface area contributed by atoms with Gasteiger partial charge < -0.3 is 5.32 Å². The molecule has 0 spiro atoms. The van der Waals surface area contributed by atoms with Crippen LogP contribution >= 0.6 is 11.8 Å². The smallest absolute Gasteiger partial charge is 0.123 e. The second-order valence-electron chi connectivity index (χ2n) is 4.50. The standard InChI is InChI=1S/C15H18FN3S/c1-3-6-18-11(2)13-9-12(16)4-5-14(13)20-15-10-17-7-8-19-15/h4-5,7-11,18H,3,6H2,1-2H3. The van der Waals surface area contributed by atoms with Crippen LogP contribution in [0.5, 0.6) is 0 Å². The topological polar surface area (TPSA) is 37.8 Å². The van der Waals surface area contributed by atoms with Crippen LogP contribution < -0.4 is 5.32 Å². The molecule has 0 bridgehead atoms. The van der Waals surface area contributed by atoms with Gasteiger partial charge in [-0.15, -0.1) is 0 Å². The van der Waals surface area contributed by atoms with E-state index in [1.54, 1.807) is 30.7 Å². The van der Waals surface area contributed by atoms with Gasteiger partial charge in [-0.25, -0.2) is 9.37 Å². The van der Waals surface area contributed by atoms with E-state index >= 15 is 0 Å². The van der Waals surface area contributed by atoms with Gasteiger partial charge in [-0.2, -0.15) is 0 Å². The van der Waals surface area contributed by atoms with E-state index < -0.39 is 0 Å². The number of nitrogens with one attached hydrogen (secondary N) is 1. The SMILES string of the molecule is CCCNC(C)c1cc(F)ccc1Sc1cnccn1. The Balaban J connectivity index is 2.23. The van der Waals surface area contributed by atoms with Gasteiger partial charge in [0.05, 0.1) is 6.20 Å². The third-order valence-corrected chi connectivity index (χ3v) is 3.90. The number of hydrogen-bond acceptors (Lipinski definition) is 4. The van der Waals surface area contributed by atoms with Crippen LogP contribution in [-0.2, 0) is 0 Å². The average Bonchev–Trinajstić information content (AvgIpc) is 2.47. The summed E-state index contributed by atoms with van der Waals surface area (Å²) in [7, 11) is 0. The van der Waals surface area contributed by atoms with Crippen molar-refractivity contribution in [2.24, 2.45) is 0 Å². The van der Waals surface area contributed by atoms with Crippen molar-refractivity contribution in [2.45, 2.75) is 36.2 Å². The molecular formula is C15H18FN3S. The average molecular weight is 291 g/mol. The number of benzene rings is 1.